The fourth-order valence-electron chi connectivity index (χ4n) is 3.32. The van der Waals surface area contributed by atoms with Gasteiger partial charge in [-0.05, 0) is 37.4 Å². The van der Waals surface area contributed by atoms with E-state index in [0.717, 1.165) is 25.0 Å². The summed E-state index contributed by atoms with van der Waals surface area (Å²) >= 11 is 1.67. The Balaban J connectivity index is 1.87. The molecule has 2 bridgehead atoms. The first-order valence-electron chi connectivity index (χ1n) is 6.39. The Bertz CT molecular complexity index is 337. The lowest BCUT2D eigenvalue weighted by atomic mass is 9.84. The summed E-state index contributed by atoms with van der Waals surface area (Å²) in [5, 5.41) is 14.9. The molecular formula is C12H20N2O3S. The third-order valence-corrected chi connectivity index (χ3v) is 4.70. The van der Waals surface area contributed by atoms with Gasteiger partial charge in [-0.1, -0.05) is 0 Å². The van der Waals surface area contributed by atoms with Crippen molar-refractivity contribution >= 4 is 23.8 Å². The maximum atomic E-state index is 11.7. The van der Waals surface area contributed by atoms with Crippen LogP contribution in [0.1, 0.15) is 19.3 Å². The lowest BCUT2D eigenvalue weighted by molar-refractivity contribution is -0.144. The molecule has 0 saturated heterocycles. The average molecular weight is 272 g/mol. The normalized spacial score (nSPS) is 33.4. The number of fused-ring (bicyclic) bond motifs is 2. The van der Waals surface area contributed by atoms with Crippen molar-refractivity contribution < 1.29 is 14.7 Å². The van der Waals surface area contributed by atoms with Crippen molar-refractivity contribution in [3.05, 3.63) is 0 Å². The topological polar surface area (TPSA) is 78.4 Å². The van der Waals surface area contributed by atoms with Crippen molar-refractivity contribution in [2.45, 2.75) is 25.3 Å². The fraction of sp³-hybridized carbons (Fsp3) is 0.833. The molecule has 3 N–H and O–H groups in total. The summed E-state index contributed by atoms with van der Waals surface area (Å²) in [6.07, 6.45) is 4.97. The van der Waals surface area contributed by atoms with Gasteiger partial charge in [0.25, 0.3) is 0 Å². The van der Waals surface area contributed by atoms with Crippen LogP contribution in [0.5, 0.6) is 0 Å². The van der Waals surface area contributed by atoms with E-state index in [1.165, 1.54) is 0 Å². The fourth-order valence-corrected chi connectivity index (χ4v) is 3.63. The monoisotopic (exact) mass is 272 g/mol. The highest BCUT2D eigenvalue weighted by atomic mass is 32.2. The molecule has 0 aromatic carbocycles. The van der Waals surface area contributed by atoms with Crippen molar-refractivity contribution in [1.82, 2.24) is 10.6 Å². The van der Waals surface area contributed by atoms with E-state index < -0.39 is 11.9 Å². The Morgan fingerprint density at radius 3 is 2.72 bits per heavy atom. The molecule has 0 aliphatic heterocycles. The minimum atomic E-state index is -0.767. The van der Waals surface area contributed by atoms with Gasteiger partial charge in [0.1, 0.15) is 0 Å². The molecule has 2 aliphatic rings. The smallest absolute Gasteiger partial charge is 0.315 e. The van der Waals surface area contributed by atoms with Crippen molar-refractivity contribution in [3.8, 4) is 0 Å². The van der Waals surface area contributed by atoms with E-state index >= 15 is 0 Å². The minimum Gasteiger partial charge on any atom is -0.481 e. The van der Waals surface area contributed by atoms with E-state index in [-0.39, 0.29) is 18.0 Å². The molecule has 5 nitrogen and oxygen atoms in total. The van der Waals surface area contributed by atoms with Gasteiger partial charge in [-0.25, -0.2) is 4.79 Å². The summed E-state index contributed by atoms with van der Waals surface area (Å²) in [4.78, 5) is 23.0. The van der Waals surface area contributed by atoms with Gasteiger partial charge in [0.2, 0.25) is 0 Å². The predicted molar refractivity (Wildman–Crippen MR) is 70.7 cm³/mol. The van der Waals surface area contributed by atoms with Gasteiger partial charge in [-0.2, -0.15) is 11.8 Å². The molecule has 0 spiro atoms. The molecule has 0 radical (unpaired) electrons. The summed E-state index contributed by atoms with van der Waals surface area (Å²) in [5.74, 6) is 0.310. The second-order valence-electron chi connectivity index (χ2n) is 5.12. The van der Waals surface area contributed by atoms with Crippen LogP contribution in [0.25, 0.3) is 0 Å². The minimum absolute atomic E-state index is 0.185. The summed E-state index contributed by atoms with van der Waals surface area (Å²) < 4.78 is 0. The lowest BCUT2D eigenvalue weighted by Crippen LogP contribution is -2.50. The molecule has 0 aromatic rings. The highest BCUT2D eigenvalue weighted by Gasteiger charge is 2.51. The van der Waals surface area contributed by atoms with Crippen molar-refractivity contribution in [2.75, 3.05) is 18.6 Å². The Kier molecular flexibility index (Phi) is 4.37. The van der Waals surface area contributed by atoms with Crippen LogP contribution >= 0.6 is 11.8 Å². The molecular weight excluding hydrogens is 252 g/mol. The van der Waals surface area contributed by atoms with Crippen LogP contribution in [0.2, 0.25) is 0 Å². The number of carboxylic acid groups (broad SMARTS) is 1. The second-order valence-corrected chi connectivity index (χ2v) is 6.10. The average Bonchev–Trinajstić information content (AvgIpc) is 2.89. The lowest BCUT2D eigenvalue weighted by Gasteiger charge is -2.28. The van der Waals surface area contributed by atoms with E-state index in [1.807, 2.05) is 6.26 Å². The number of carboxylic acids is 1. The molecule has 2 rings (SSSR count). The van der Waals surface area contributed by atoms with E-state index in [2.05, 4.69) is 10.6 Å². The third kappa shape index (κ3) is 2.74. The number of hydrogen-bond acceptors (Lipinski definition) is 3. The Morgan fingerprint density at radius 1 is 1.33 bits per heavy atom. The van der Waals surface area contributed by atoms with Gasteiger partial charge in [0.15, 0.2) is 0 Å². The number of carbonyl (C=O) groups is 2. The van der Waals surface area contributed by atoms with Crippen LogP contribution in [0, 0.1) is 17.8 Å². The molecule has 18 heavy (non-hydrogen) atoms. The zero-order valence-corrected chi connectivity index (χ0v) is 11.3. The molecule has 0 heterocycles. The number of carbonyl (C=O) groups excluding carboxylic acids is 1. The number of rotatable bonds is 5. The van der Waals surface area contributed by atoms with Gasteiger partial charge in [-0.15, -0.1) is 0 Å². The SMILES string of the molecule is CSCCNC(=O)NC1C2CCC(C2)C1C(=O)O. The molecule has 2 fully saturated rings. The van der Waals surface area contributed by atoms with E-state index in [4.69, 9.17) is 0 Å². The zero-order valence-electron chi connectivity index (χ0n) is 10.5. The Labute approximate surface area is 111 Å². The highest BCUT2D eigenvalue weighted by molar-refractivity contribution is 7.98. The first kappa shape index (κ1) is 13.5. The maximum Gasteiger partial charge on any atom is 0.315 e. The van der Waals surface area contributed by atoms with Crippen LogP contribution in [-0.4, -0.2) is 41.7 Å². The van der Waals surface area contributed by atoms with Gasteiger partial charge < -0.3 is 15.7 Å². The first-order chi connectivity index (χ1) is 8.63. The molecule has 2 amide bonds. The highest BCUT2D eigenvalue weighted by Crippen LogP contribution is 2.48. The summed E-state index contributed by atoms with van der Waals surface area (Å²) in [6.45, 7) is 0.617. The van der Waals surface area contributed by atoms with E-state index in [1.54, 1.807) is 11.8 Å². The van der Waals surface area contributed by atoms with E-state index in [9.17, 15) is 14.7 Å². The van der Waals surface area contributed by atoms with Crippen LogP contribution in [0.3, 0.4) is 0 Å². The molecule has 0 aromatic heterocycles. The van der Waals surface area contributed by atoms with Crippen molar-refractivity contribution in [2.24, 2.45) is 17.8 Å². The Hall–Kier alpha value is -0.910. The number of hydrogen-bond donors (Lipinski definition) is 3. The molecule has 2 aliphatic carbocycles. The summed E-state index contributed by atoms with van der Waals surface area (Å²) in [5.41, 5.74) is 0. The summed E-state index contributed by atoms with van der Waals surface area (Å²) in [7, 11) is 0. The molecule has 4 atom stereocenters. The van der Waals surface area contributed by atoms with Crippen LogP contribution in [0.15, 0.2) is 0 Å². The first-order valence-corrected chi connectivity index (χ1v) is 7.79. The molecule has 4 unspecified atom stereocenters. The Morgan fingerprint density at radius 2 is 2.06 bits per heavy atom. The van der Waals surface area contributed by atoms with Crippen molar-refractivity contribution in [3.63, 3.8) is 0 Å². The quantitative estimate of drug-likeness (QED) is 0.656. The molecule has 102 valence electrons. The number of amides is 2. The number of nitrogens with one attached hydrogen (secondary N) is 2. The van der Waals surface area contributed by atoms with Gasteiger partial charge in [0.05, 0.1) is 5.92 Å². The summed E-state index contributed by atoms with van der Waals surface area (Å²) in [6, 6.07) is -0.414. The van der Waals surface area contributed by atoms with Crippen molar-refractivity contribution in [1.29, 1.82) is 0 Å². The van der Waals surface area contributed by atoms with Crippen LogP contribution in [-0.2, 0) is 4.79 Å². The molecule has 6 heteroatoms. The maximum absolute atomic E-state index is 11.7. The van der Waals surface area contributed by atoms with Gasteiger partial charge in [0, 0.05) is 18.3 Å². The van der Waals surface area contributed by atoms with E-state index in [0.29, 0.717) is 12.5 Å². The number of aliphatic carboxylic acids is 1. The van der Waals surface area contributed by atoms with Crippen LogP contribution in [0.4, 0.5) is 4.79 Å². The third-order valence-electron chi connectivity index (χ3n) is 4.09. The van der Waals surface area contributed by atoms with Gasteiger partial charge in [-0.3, -0.25) is 4.79 Å². The number of thioether (sulfide) groups is 1. The zero-order chi connectivity index (χ0) is 13.1. The van der Waals surface area contributed by atoms with Gasteiger partial charge >= 0.3 is 12.0 Å². The van der Waals surface area contributed by atoms with Crippen LogP contribution < -0.4 is 10.6 Å². The predicted octanol–water partition coefficient (Wildman–Crippen LogP) is 1.15. The standard InChI is InChI=1S/C12H20N2O3S/c1-18-5-4-13-12(17)14-10-8-3-2-7(6-8)9(10)11(15)16/h7-10H,2-6H2,1H3,(H,15,16)(H2,13,14,17). The number of urea groups is 1. The second kappa shape index (κ2) is 5.82. The largest absolute Gasteiger partial charge is 0.481 e. The molecule has 2 saturated carbocycles.